The largest absolute Gasteiger partial charge is 0.504 e. The van der Waals surface area contributed by atoms with Gasteiger partial charge in [0.1, 0.15) is 19.8 Å². The number of nitrogens with one attached hydrogen (secondary N) is 1. The van der Waals surface area contributed by atoms with E-state index < -0.39 is 40.2 Å². The van der Waals surface area contributed by atoms with Crippen molar-refractivity contribution in [1.82, 2.24) is 9.55 Å². The number of methoxy groups -OCH3 is 2. The molecule has 3 rings (SSSR count). The van der Waals surface area contributed by atoms with Gasteiger partial charge in [0.15, 0.2) is 23.0 Å². The van der Waals surface area contributed by atoms with Crippen LogP contribution < -0.4 is 20.7 Å². The van der Waals surface area contributed by atoms with Crippen LogP contribution in [-0.2, 0) is 21.1 Å². The van der Waals surface area contributed by atoms with E-state index in [1.807, 2.05) is 0 Å². The van der Waals surface area contributed by atoms with Crippen LogP contribution in [0.3, 0.4) is 0 Å². The van der Waals surface area contributed by atoms with Gasteiger partial charge in [-0.15, -0.1) is 0 Å². The van der Waals surface area contributed by atoms with E-state index >= 15 is 0 Å². The molecule has 3 aromatic rings. The Bertz CT molecular complexity index is 1480. The molecule has 0 spiro atoms. The maximum absolute atomic E-state index is 11.7. The Morgan fingerprint density at radius 3 is 1.79 bits per heavy atom. The Balaban J connectivity index is 1.60. The molecule has 0 bridgehead atoms. The molecule has 0 atom stereocenters. The first-order chi connectivity index (χ1) is 20.2. The van der Waals surface area contributed by atoms with Crippen LogP contribution in [0.25, 0.3) is 0 Å². The molecule has 0 fully saturated rings. The van der Waals surface area contributed by atoms with Crippen LogP contribution in [0.2, 0.25) is 0 Å². The number of phenols is 4. The Kier molecular flexibility index (Phi) is 11.2. The van der Waals surface area contributed by atoms with Gasteiger partial charge in [-0.1, -0.05) is 15.5 Å². The Morgan fingerprint density at radius 2 is 1.31 bits per heavy atom. The number of rotatable bonds is 15. The highest BCUT2D eigenvalue weighted by molar-refractivity contribution is 5.82. The minimum Gasteiger partial charge on any atom is -0.504 e. The number of aromatic hydroxyl groups is 4. The summed E-state index contributed by atoms with van der Waals surface area (Å²) in [6.07, 6.45) is 5.23. The zero-order valence-corrected chi connectivity index (χ0v) is 22.5. The number of hydrogen-bond donors (Lipinski definition) is 5. The lowest BCUT2D eigenvalue weighted by Crippen LogP contribution is -2.28. The maximum atomic E-state index is 11.7. The van der Waals surface area contributed by atoms with Crippen molar-refractivity contribution in [2.45, 2.75) is 6.54 Å². The van der Waals surface area contributed by atoms with Gasteiger partial charge in [0.25, 0.3) is 5.56 Å². The second kappa shape index (κ2) is 15.2. The third-order valence-electron chi connectivity index (χ3n) is 5.40. The van der Waals surface area contributed by atoms with E-state index in [0.717, 1.165) is 0 Å². The number of nitrogens with zero attached hydrogens (tertiary/aromatic N) is 4. The first-order valence-corrected chi connectivity index (χ1v) is 12.2. The fourth-order valence-corrected chi connectivity index (χ4v) is 3.24. The Hall–Kier alpha value is -5.67. The lowest BCUT2D eigenvalue weighted by Gasteiger charge is -2.13. The number of hydrogen-bond acceptors (Lipinski definition) is 14. The van der Waals surface area contributed by atoms with Crippen molar-refractivity contribution < 1.29 is 44.4 Å². The molecule has 2 aromatic carbocycles. The molecule has 42 heavy (non-hydrogen) atoms. The van der Waals surface area contributed by atoms with Crippen molar-refractivity contribution in [2.75, 3.05) is 34.0 Å². The summed E-state index contributed by atoms with van der Waals surface area (Å²) in [5.74, 6) is -1.96. The number of aromatic nitrogens is 2. The molecular weight excluding hydrogens is 558 g/mol. The third kappa shape index (κ3) is 8.94. The van der Waals surface area contributed by atoms with E-state index in [1.165, 1.54) is 74.0 Å². The summed E-state index contributed by atoms with van der Waals surface area (Å²) in [7, 11) is 2.67. The predicted molar refractivity (Wildman–Crippen MR) is 149 cm³/mol. The average molecular weight is 588 g/mol. The normalized spacial score (nSPS) is 11.5. The molecule has 0 unspecified atom stereocenters. The van der Waals surface area contributed by atoms with Crippen molar-refractivity contribution in [3.8, 4) is 34.5 Å². The molecular formula is C26H29N5O11. The van der Waals surface area contributed by atoms with Gasteiger partial charge in [0.2, 0.25) is 11.5 Å². The van der Waals surface area contributed by atoms with Crippen molar-refractivity contribution in [3.63, 3.8) is 0 Å². The second-order valence-corrected chi connectivity index (χ2v) is 8.45. The standard InChI is InChI=1S/C26H29N5O11/c1-38-21-9-16(7-19(32)24(21)35)11-28-41-14-18(13-40-27-4-6-31-5-3-23(34)30-26(31)37)15-42-29-12-17-8-20(33)25(36)22(10-17)39-2/h3-5,7-12,18,32-33,35-36H,6,13-15H2,1-2H3,(H,30,34,37)/b27-4+,28-11+,29-12+. The summed E-state index contributed by atoms with van der Waals surface area (Å²) in [4.78, 5) is 41.0. The molecule has 16 heteroatoms. The first-order valence-electron chi connectivity index (χ1n) is 12.2. The van der Waals surface area contributed by atoms with E-state index in [-0.39, 0.29) is 37.9 Å². The van der Waals surface area contributed by atoms with Crippen LogP contribution in [0.1, 0.15) is 11.1 Å². The van der Waals surface area contributed by atoms with Crippen molar-refractivity contribution in [2.24, 2.45) is 21.4 Å². The summed E-state index contributed by atoms with van der Waals surface area (Å²) >= 11 is 0. The second-order valence-electron chi connectivity index (χ2n) is 8.45. The number of ether oxygens (including phenoxy) is 2. The molecule has 1 aromatic heterocycles. The molecule has 0 radical (unpaired) electrons. The monoisotopic (exact) mass is 587 g/mol. The minimum absolute atomic E-state index is 0.0102. The van der Waals surface area contributed by atoms with Crippen LogP contribution in [0.4, 0.5) is 0 Å². The Morgan fingerprint density at radius 1 is 0.810 bits per heavy atom. The fourth-order valence-electron chi connectivity index (χ4n) is 3.24. The smallest absolute Gasteiger partial charge is 0.328 e. The zero-order valence-electron chi connectivity index (χ0n) is 22.5. The van der Waals surface area contributed by atoms with Gasteiger partial charge in [-0.3, -0.25) is 14.3 Å². The average Bonchev–Trinajstić information content (AvgIpc) is 2.97. The summed E-state index contributed by atoms with van der Waals surface area (Å²) in [6, 6.07) is 6.62. The fraction of sp³-hybridized carbons (Fsp3) is 0.269. The van der Waals surface area contributed by atoms with E-state index in [0.29, 0.717) is 11.1 Å². The highest BCUT2D eigenvalue weighted by atomic mass is 16.7. The minimum atomic E-state index is -0.594. The Labute approximate surface area is 237 Å². The van der Waals surface area contributed by atoms with E-state index in [4.69, 9.17) is 24.0 Å². The van der Waals surface area contributed by atoms with Crippen molar-refractivity contribution in [3.05, 3.63) is 68.5 Å². The van der Waals surface area contributed by atoms with Gasteiger partial charge in [0.05, 0.1) is 45.3 Å². The van der Waals surface area contributed by atoms with Crippen LogP contribution >= 0.6 is 0 Å². The number of H-pyrrole nitrogens is 1. The number of benzene rings is 2. The zero-order chi connectivity index (χ0) is 30.5. The van der Waals surface area contributed by atoms with Crippen LogP contribution in [0, 0.1) is 5.92 Å². The summed E-state index contributed by atoms with van der Waals surface area (Å²) in [5.41, 5.74) is -0.320. The van der Waals surface area contributed by atoms with Gasteiger partial charge in [0, 0.05) is 23.4 Å². The third-order valence-corrected chi connectivity index (χ3v) is 5.40. The van der Waals surface area contributed by atoms with Crippen molar-refractivity contribution >= 4 is 18.6 Å². The summed E-state index contributed by atoms with van der Waals surface area (Å²) < 4.78 is 11.2. The van der Waals surface area contributed by atoms with Gasteiger partial charge < -0.3 is 44.4 Å². The highest BCUT2D eigenvalue weighted by Crippen LogP contribution is 2.36. The topological polar surface area (TPSA) is 219 Å². The molecule has 0 amide bonds. The molecule has 0 saturated heterocycles. The molecule has 224 valence electrons. The molecule has 0 aliphatic rings. The molecule has 0 aliphatic carbocycles. The lowest BCUT2D eigenvalue weighted by atomic mass is 10.2. The van der Waals surface area contributed by atoms with Gasteiger partial charge in [-0.25, -0.2) is 4.79 Å². The quantitative estimate of drug-likeness (QED) is 0.0962. The first kappa shape index (κ1) is 30.9. The van der Waals surface area contributed by atoms with E-state index in [2.05, 4.69) is 20.5 Å². The predicted octanol–water partition coefficient (Wildman–Crippen LogP) is 1.10. The highest BCUT2D eigenvalue weighted by Gasteiger charge is 2.13. The van der Waals surface area contributed by atoms with Crippen LogP contribution in [0.5, 0.6) is 34.5 Å². The summed E-state index contributed by atoms with van der Waals surface area (Å²) in [5, 5.41) is 50.6. The van der Waals surface area contributed by atoms with E-state index in [1.54, 1.807) is 0 Å². The van der Waals surface area contributed by atoms with Crippen LogP contribution in [0.15, 0.2) is 61.6 Å². The van der Waals surface area contributed by atoms with Crippen LogP contribution in [-0.4, -0.2) is 82.7 Å². The SMILES string of the molecule is COc1cc(/C=N/OCC(CO/N=C/Cn2ccc(=O)[nH]c2=O)CO/N=C/c2cc(O)c(O)c(OC)c2)cc(O)c1O. The lowest BCUT2D eigenvalue weighted by molar-refractivity contribution is -0.00130. The summed E-state index contributed by atoms with van der Waals surface area (Å²) in [6.45, 7) is 0.00330. The van der Waals surface area contributed by atoms with Gasteiger partial charge in [-0.05, 0) is 24.3 Å². The molecule has 1 heterocycles. The number of aromatic amines is 1. The van der Waals surface area contributed by atoms with Gasteiger partial charge in [-0.2, -0.15) is 0 Å². The molecule has 5 N–H and O–H groups in total. The maximum Gasteiger partial charge on any atom is 0.328 e. The number of phenolic OH excluding ortho intramolecular Hbond substituents is 4. The van der Waals surface area contributed by atoms with Crippen molar-refractivity contribution in [1.29, 1.82) is 0 Å². The van der Waals surface area contributed by atoms with Gasteiger partial charge >= 0.3 is 5.69 Å². The molecule has 0 saturated carbocycles. The molecule has 16 nitrogen and oxygen atoms in total. The molecule has 0 aliphatic heterocycles. The van der Waals surface area contributed by atoms with E-state index in [9.17, 15) is 30.0 Å². The number of oxime groups is 3.